The maximum atomic E-state index is 6.24. The zero-order chi connectivity index (χ0) is 33.7. The van der Waals surface area contributed by atoms with E-state index in [9.17, 15) is 0 Å². The lowest BCUT2D eigenvalue weighted by atomic mass is 9.98. The first kappa shape index (κ1) is 29.1. The van der Waals surface area contributed by atoms with Gasteiger partial charge in [0.15, 0.2) is 11.6 Å². The van der Waals surface area contributed by atoms with Gasteiger partial charge in [-0.2, -0.15) is 0 Å². The Kier molecular flexibility index (Phi) is 6.81. The van der Waals surface area contributed by atoms with Crippen LogP contribution < -0.4 is 0 Å². The minimum absolute atomic E-state index is 0.542. The average molecular weight is 655 g/mol. The molecule has 51 heavy (non-hydrogen) atoms. The summed E-state index contributed by atoms with van der Waals surface area (Å²) >= 11 is 0. The van der Waals surface area contributed by atoms with Crippen LogP contribution in [0.4, 0.5) is 0 Å². The molecular formula is C46H30N4O. The Hall–Kier alpha value is -6.85. The maximum Gasteiger partial charge on any atom is 0.163 e. The number of nitrogens with zero attached hydrogens (tertiary/aromatic N) is 4. The van der Waals surface area contributed by atoms with E-state index in [1.165, 1.54) is 10.8 Å². The summed E-state index contributed by atoms with van der Waals surface area (Å²) in [5, 5.41) is 4.67. The van der Waals surface area contributed by atoms with Crippen molar-refractivity contribution in [2.75, 3.05) is 0 Å². The molecule has 0 atom stereocenters. The molecule has 240 valence electrons. The number of furan rings is 1. The Bertz CT molecular complexity index is 2830. The van der Waals surface area contributed by atoms with Gasteiger partial charge in [-0.05, 0) is 53.1 Å². The van der Waals surface area contributed by atoms with Gasteiger partial charge in [0.25, 0.3) is 0 Å². The van der Waals surface area contributed by atoms with Crippen molar-refractivity contribution in [3.63, 3.8) is 0 Å². The second kappa shape index (κ2) is 11.9. The Morgan fingerprint density at radius 3 is 1.86 bits per heavy atom. The minimum Gasteiger partial charge on any atom is -0.456 e. The fourth-order valence-corrected chi connectivity index (χ4v) is 7.40. The molecule has 10 aromatic rings. The molecule has 0 N–H and O–H groups in total. The predicted octanol–water partition coefficient (Wildman–Crippen LogP) is 11.5. The SMILES string of the molecule is c1ccc(-c2nc(Cc3ccccc3-n3c4ccccc4c4cc(-c5cccc6oc7ccccc7c56)ccc43)nc(-c3ccccc3)n2)cc1. The third kappa shape index (κ3) is 4.98. The number of para-hydroxylation sites is 3. The number of rotatable bonds is 6. The van der Waals surface area contributed by atoms with Crippen molar-refractivity contribution in [1.29, 1.82) is 0 Å². The molecule has 5 nitrogen and oxygen atoms in total. The Labute approximate surface area is 294 Å². The van der Waals surface area contributed by atoms with Gasteiger partial charge in [-0.25, -0.2) is 15.0 Å². The lowest BCUT2D eigenvalue weighted by molar-refractivity contribution is 0.669. The van der Waals surface area contributed by atoms with Crippen molar-refractivity contribution in [2.24, 2.45) is 0 Å². The molecule has 0 saturated carbocycles. The molecule has 0 bridgehead atoms. The molecule has 0 spiro atoms. The summed E-state index contributed by atoms with van der Waals surface area (Å²) in [6, 6.07) is 58.9. The van der Waals surface area contributed by atoms with Crippen LogP contribution >= 0.6 is 0 Å². The fourth-order valence-electron chi connectivity index (χ4n) is 7.40. The van der Waals surface area contributed by atoms with E-state index in [2.05, 4.69) is 102 Å². The molecule has 3 aromatic heterocycles. The van der Waals surface area contributed by atoms with Gasteiger partial charge in [-0.3, -0.25) is 0 Å². The molecule has 7 aromatic carbocycles. The van der Waals surface area contributed by atoms with Crippen LogP contribution in [0.25, 0.3) is 83.3 Å². The molecule has 0 saturated heterocycles. The van der Waals surface area contributed by atoms with Gasteiger partial charge < -0.3 is 8.98 Å². The van der Waals surface area contributed by atoms with E-state index in [1.54, 1.807) is 0 Å². The van der Waals surface area contributed by atoms with Crippen molar-refractivity contribution < 1.29 is 4.42 Å². The second-order valence-electron chi connectivity index (χ2n) is 12.8. The van der Waals surface area contributed by atoms with Crippen molar-refractivity contribution >= 4 is 43.7 Å². The van der Waals surface area contributed by atoms with Gasteiger partial charge in [0.2, 0.25) is 0 Å². The van der Waals surface area contributed by atoms with Crippen LogP contribution in [0.2, 0.25) is 0 Å². The van der Waals surface area contributed by atoms with Crippen LogP contribution in [0, 0.1) is 0 Å². The first-order valence-electron chi connectivity index (χ1n) is 17.2. The van der Waals surface area contributed by atoms with Gasteiger partial charge in [0, 0.05) is 44.8 Å². The second-order valence-corrected chi connectivity index (χ2v) is 12.8. The highest BCUT2D eigenvalue weighted by molar-refractivity contribution is 6.15. The minimum atomic E-state index is 0.542. The van der Waals surface area contributed by atoms with Crippen LogP contribution in [0.1, 0.15) is 11.4 Å². The van der Waals surface area contributed by atoms with Gasteiger partial charge in [-0.1, -0.05) is 133 Å². The molecular weight excluding hydrogens is 625 g/mol. The van der Waals surface area contributed by atoms with Gasteiger partial charge in [0.05, 0.1) is 11.0 Å². The Balaban J connectivity index is 1.13. The van der Waals surface area contributed by atoms with E-state index in [0.717, 1.165) is 72.3 Å². The van der Waals surface area contributed by atoms with Gasteiger partial charge in [-0.15, -0.1) is 0 Å². The maximum absolute atomic E-state index is 6.24. The third-order valence-corrected chi connectivity index (χ3v) is 9.71. The van der Waals surface area contributed by atoms with E-state index >= 15 is 0 Å². The van der Waals surface area contributed by atoms with Crippen LogP contribution in [0.3, 0.4) is 0 Å². The topological polar surface area (TPSA) is 56.7 Å². The molecule has 5 heteroatoms. The number of fused-ring (bicyclic) bond motifs is 6. The quantitative estimate of drug-likeness (QED) is 0.179. The molecule has 0 aliphatic rings. The first-order valence-corrected chi connectivity index (χ1v) is 17.2. The standard InChI is InChI=1S/C46H30N4O/c1-3-14-30(15-4-1)45-47-43(48-46(49-45)31-16-5-2-6-17-31)29-33-18-7-10-22-38(33)50-39-23-11-8-19-35(39)37-28-32(26-27-40(37)50)34-21-13-25-42-44(34)36-20-9-12-24-41(36)51-42/h1-28H,29H2. The number of hydrogen-bond acceptors (Lipinski definition) is 4. The van der Waals surface area contributed by atoms with Crippen molar-refractivity contribution in [3.8, 4) is 39.6 Å². The van der Waals surface area contributed by atoms with Crippen molar-refractivity contribution in [1.82, 2.24) is 19.5 Å². The Morgan fingerprint density at radius 1 is 0.451 bits per heavy atom. The molecule has 0 fully saturated rings. The molecule has 0 aliphatic carbocycles. The third-order valence-electron chi connectivity index (χ3n) is 9.71. The van der Waals surface area contributed by atoms with Crippen LogP contribution in [0.5, 0.6) is 0 Å². The highest BCUT2D eigenvalue weighted by atomic mass is 16.3. The van der Waals surface area contributed by atoms with Crippen LogP contribution in [-0.2, 0) is 6.42 Å². The largest absolute Gasteiger partial charge is 0.456 e. The van der Waals surface area contributed by atoms with E-state index in [0.29, 0.717) is 18.1 Å². The van der Waals surface area contributed by atoms with Crippen LogP contribution in [-0.4, -0.2) is 19.5 Å². The summed E-state index contributed by atoms with van der Waals surface area (Å²) in [5.41, 5.74) is 10.6. The van der Waals surface area contributed by atoms with E-state index in [-0.39, 0.29) is 0 Å². The Morgan fingerprint density at radius 2 is 1.08 bits per heavy atom. The lowest BCUT2D eigenvalue weighted by Gasteiger charge is -2.14. The molecule has 0 aliphatic heterocycles. The van der Waals surface area contributed by atoms with Crippen LogP contribution in [0.15, 0.2) is 174 Å². The molecule has 3 heterocycles. The molecule has 0 radical (unpaired) electrons. The fraction of sp³-hybridized carbons (Fsp3) is 0.0217. The summed E-state index contributed by atoms with van der Waals surface area (Å²) in [6.07, 6.45) is 0.542. The summed E-state index contributed by atoms with van der Waals surface area (Å²) in [7, 11) is 0. The highest BCUT2D eigenvalue weighted by Gasteiger charge is 2.19. The number of benzene rings is 7. The summed E-state index contributed by atoms with van der Waals surface area (Å²) in [6.45, 7) is 0. The smallest absolute Gasteiger partial charge is 0.163 e. The molecule has 10 rings (SSSR count). The predicted molar refractivity (Wildman–Crippen MR) is 207 cm³/mol. The normalized spacial score (nSPS) is 11.6. The zero-order valence-corrected chi connectivity index (χ0v) is 27.6. The van der Waals surface area contributed by atoms with Gasteiger partial charge in [0.1, 0.15) is 17.0 Å². The molecule has 0 unspecified atom stereocenters. The van der Waals surface area contributed by atoms with E-state index < -0.39 is 0 Å². The van der Waals surface area contributed by atoms with Crippen molar-refractivity contribution in [2.45, 2.75) is 6.42 Å². The molecule has 0 amide bonds. The summed E-state index contributed by atoms with van der Waals surface area (Å²) in [4.78, 5) is 14.9. The first-order chi connectivity index (χ1) is 25.3. The van der Waals surface area contributed by atoms with Gasteiger partial charge >= 0.3 is 0 Å². The van der Waals surface area contributed by atoms with E-state index in [4.69, 9.17) is 19.4 Å². The zero-order valence-electron chi connectivity index (χ0n) is 27.6. The monoisotopic (exact) mass is 654 g/mol. The number of hydrogen-bond donors (Lipinski definition) is 0. The summed E-state index contributed by atoms with van der Waals surface area (Å²) in [5.74, 6) is 2.06. The summed E-state index contributed by atoms with van der Waals surface area (Å²) < 4.78 is 8.63. The lowest BCUT2D eigenvalue weighted by Crippen LogP contribution is -2.06. The average Bonchev–Trinajstić information content (AvgIpc) is 3.74. The number of aromatic nitrogens is 4. The van der Waals surface area contributed by atoms with Crippen molar-refractivity contribution in [3.05, 3.63) is 181 Å². The van der Waals surface area contributed by atoms with E-state index in [1.807, 2.05) is 72.8 Å². The highest BCUT2D eigenvalue weighted by Crippen LogP contribution is 2.40.